The normalized spacial score (nSPS) is 16.4. The number of rotatable bonds is 8. The highest BCUT2D eigenvalue weighted by Crippen LogP contribution is 2.31. The number of hydrogen-bond donors (Lipinski definition) is 1. The molecule has 0 aliphatic rings. The standard InChI is InChI=1S/C10H24N2O3S/c1-5-7-10(6-2,12(3)4)16(13,14)15-9-8-11/h5-9,11H2,1-4H3. The van der Waals surface area contributed by atoms with Crippen molar-refractivity contribution in [3.05, 3.63) is 0 Å². The van der Waals surface area contributed by atoms with Crippen LogP contribution in [0.15, 0.2) is 0 Å². The molecule has 0 radical (unpaired) electrons. The van der Waals surface area contributed by atoms with Gasteiger partial charge in [0.05, 0.1) is 6.61 Å². The van der Waals surface area contributed by atoms with E-state index in [0.717, 1.165) is 6.42 Å². The third-order valence-corrected chi connectivity index (χ3v) is 5.10. The van der Waals surface area contributed by atoms with Gasteiger partial charge in [0.1, 0.15) is 4.87 Å². The van der Waals surface area contributed by atoms with Crippen molar-refractivity contribution < 1.29 is 12.6 Å². The summed E-state index contributed by atoms with van der Waals surface area (Å²) in [5.74, 6) is 0. The lowest BCUT2D eigenvalue weighted by molar-refractivity contribution is 0.185. The van der Waals surface area contributed by atoms with Crippen LogP contribution in [0.25, 0.3) is 0 Å². The van der Waals surface area contributed by atoms with Crippen LogP contribution in [0.3, 0.4) is 0 Å². The van der Waals surface area contributed by atoms with Crippen molar-refractivity contribution in [2.45, 2.75) is 38.0 Å². The average molecular weight is 252 g/mol. The minimum Gasteiger partial charge on any atom is -0.328 e. The Labute approximate surface area is 99.1 Å². The van der Waals surface area contributed by atoms with Crippen LogP contribution in [0.1, 0.15) is 33.1 Å². The SMILES string of the molecule is CCCC(CC)(N(C)C)S(=O)(=O)OCCN. The maximum absolute atomic E-state index is 12.2. The van der Waals surface area contributed by atoms with Gasteiger partial charge in [-0.05, 0) is 26.9 Å². The molecule has 0 aliphatic heterocycles. The maximum Gasteiger partial charge on any atom is 0.286 e. The van der Waals surface area contributed by atoms with Crippen molar-refractivity contribution in [3.63, 3.8) is 0 Å². The molecule has 6 heteroatoms. The predicted octanol–water partition coefficient (Wildman–Crippen LogP) is 0.760. The van der Waals surface area contributed by atoms with Gasteiger partial charge in [0.2, 0.25) is 0 Å². The third-order valence-electron chi connectivity index (χ3n) is 2.83. The van der Waals surface area contributed by atoms with Gasteiger partial charge in [-0.2, -0.15) is 8.42 Å². The van der Waals surface area contributed by atoms with Crippen molar-refractivity contribution in [1.82, 2.24) is 4.90 Å². The molecule has 98 valence electrons. The molecule has 0 fully saturated rings. The van der Waals surface area contributed by atoms with Crippen LogP contribution in [0.5, 0.6) is 0 Å². The smallest absolute Gasteiger partial charge is 0.286 e. The van der Waals surface area contributed by atoms with E-state index in [0.29, 0.717) is 12.8 Å². The molecule has 2 N–H and O–H groups in total. The Morgan fingerprint density at radius 3 is 2.19 bits per heavy atom. The molecule has 0 aliphatic carbocycles. The molecule has 0 heterocycles. The van der Waals surface area contributed by atoms with Crippen molar-refractivity contribution in [3.8, 4) is 0 Å². The van der Waals surface area contributed by atoms with E-state index in [1.807, 2.05) is 13.8 Å². The van der Waals surface area contributed by atoms with E-state index >= 15 is 0 Å². The summed E-state index contributed by atoms with van der Waals surface area (Å²) in [4.78, 5) is 0.791. The van der Waals surface area contributed by atoms with Crippen LogP contribution in [0.2, 0.25) is 0 Å². The quantitative estimate of drug-likeness (QED) is 0.646. The second-order valence-corrected chi connectivity index (χ2v) is 5.91. The Kier molecular flexibility index (Phi) is 6.47. The molecule has 0 aromatic heterocycles. The first-order valence-corrected chi connectivity index (χ1v) is 7.05. The van der Waals surface area contributed by atoms with Gasteiger partial charge < -0.3 is 5.73 Å². The van der Waals surface area contributed by atoms with E-state index in [4.69, 9.17) is 9.92 Å². The molecule has 1 unspecified atom stereocenters. The van der Waals surface area contributed by atoms with Gasteiger partial charge in [0.25, 0.3) is 10.1 Å². The zero-order valence-corrected chi connectivity index (χ0v) is 11.5. The predicted molar refractivity (Wildman–Crippen MR) is 65.5 cm³/mol. The zero-order valence-electron chi connectivity index (χ0n) is 10.7. The van der Waals surface area contributed by atoms with Crippen LogP contribution >= 0.6 is 0 Å². The van der Waals surface area contributed by atoms with Crippen LogP contribution < -0.4 is 5.73 Å². The third kappa shape index (κ3) is 3.16. The molecule has 1 atom stereocenters. The lowest BCUT2D eigenvalue weighted by atomic mass is 10.1. The monoisotopic (exact) mass is 252 g/mol. The lowest BCUT2D eigenvalue weighted by Gasteiger charge is -2.37. The van der Waals surface area contributed by atoms with E-state index in [2.05, 4.69) is 0 Å². The molecule has 0 aromatic rings. The lowest BCUT2D eigenvalue weighted by Crippen LogP contribution is -2.51. The first-order valence-electron chi connectivity index (χ1n) is 5.64. The Morgan fingerprint density at radius 2 is 1.88 bits per heavy atom. The minimum absolute atomic E-state index is 0.0433. The second kappa shape index (κ2) is 6.54. The molecule has 0 saturated carbocycles. The largest absolute Gasteiger partial charge is 0.328 e. The van der Waals surface area contributed by atoms with Crippen molar-refractivity contribution >= 4 is 10.1 Å². The highest BCUT2D eigenvalue weighted by Gasteiger charge is 2.44. The summed E-state index contributed by atoms with van der Waals surface area (Å²) < 4.78 is 29.3. The van der Waals surface area contributed by atoms with Gasteiger partial charge >= 0.3 is 0 Å². The van der Waals surface area contributed by atoms with E-state index in [-0.39, 0.29) is 13.2 Å². The summed E-state index contributed by atoms with van der Waals surface area (Å²) >= 11 is 0. The minimum atomic E-state index is -3.61. The van der Waals surface area contributed by atoms with Crippen LogP contribution in [0.4, 0.5) is 0 Å². The molecular weight excluding hydrogens is 228 g/mol. The fraction of sp³-hybridized carbons (Fsp3) is 1.00. The summed E-state index contributed by atoms with van der Waals surface area (Å²) in [6, 6.07) is 0. The molecule has 5 nitrogen and oxygen atoms in total. The maximum atomic E-state index is 12.2. The Bertz CT molecular complexity index is 290. The Hall–Kier alpha value is -0.170. The summed E-state index contributed by atoms with van der Waals surface area (Å²) in [6.07, 6.45) is 1.85. The summed E-state index contributed by atoms with van der Waals surface area (Å²) in [5.41, 5.74) is 5.27. The molecule has 0 aromatic carbocycles. The molecular formula is C10H24N2O3S. The van der Waals surface area contributed by atoms with Crippen LogP contribution in [0, 0.1) is 0 Å². The number of hydrogen-bond acceptors (Lipinski definition) is 5. The topological polar surface area (TPSA) is 72.6 Å². The van der Waals surface area contributed by atoms with E-state index in [1.165, 1.54) is 0 Å². The second-order valence-electron chi connectivity index (χ2n) is 4.01. The van der Waals surface area contributed by atoms with Crippen molar-refractivity contribution in [2.75, 3.05) is 27.2 Å². The first-order chi connectivity index (χ1) is 7.38. The molecule has 0 saturated heterocycles. The average Bonchev–Trinajstić information content (AvgIpc) is 2.22. The van der Waals surface area contributed by atoms with Gasteiger partial charge in [-0.1, -0.05) is 20.3 Å². The highest BCUT2D eigenvalue weighted by molar-refractivity contribution is 7.88. The van der Waals surface area contributed by atoms with Crippen LogP contribution in [-0.2, 0) is 14.3 Å². The van der Waals surface area contributed by atoms with E-state index < -0.39 is 15.0 Å². The van der Waals surface area contributed by atoms with Gasteiger partial charge in [0.15, 0.2) is 0 Å². The fourth-order valence-corrected chi connectivity index (χ4v) is 3.69. The van der Waals surface area contributed by atoms with Gasteiger partial charge in [-0.15, -0.1) is 0 Å². The molecule has 16 heavy (non-hydrogen) atoms. The number of nitrogens with zero attached hydrogens (tertiary/aromatic N) is 1. The Balaban J connectivity index is 5.14. The van der Waals surface area contributed by atoms with Crippen molar-refractivity contribution in [2.24, 2.45) is 5.73 Å². The zero-order chi connectivity index (χ0) is 12.8. The molecule has 0 amide bonds. The number of nitrogens with two attached hydrogens (primary N) is 1. The molecule has 0 rings (SSSR count). The molecule has 0 spiro atoms. The fourth-order valence-electron chi connectivity index (χ4n) is 1.90. The Morgan fingerprint density at radius 1 is 1.31 bits per heavy atom. The molecule has 0 bridgehead atoms. The highest BCUT2D eigenvalue weighted by atomic mass is 32.2. The van der Waals surface area contributed by atoms with Crippen LogP contribution in [-0.4, -0.2) is 45.4 Å². The van der Waals surface area contributed by atoms with E-state index in [9.17, 15) is 8.42 Å². The van der Waals surface area contributed by atoms with E-state index in [1.54, 1.807) is 19.0 Å². The summed E-state index contributed by atoms with van der Waals surface area (Å²) in [5, 5.41) is 0. The summed E-state index contributed by atoms with van der Waals surface area (Å²) in [7, 11) is -0.0789. The van der Waals surface area contributed by atoms with Gasteiger partial charge in [-0.3, -0.25) is 9.08 Å². The van der Waals surface area contributed by atoms with Gasteiger partial charge in [-0.25, -0.2) is 0 Å². The van der Waals surface area contributed by atoms with Crippen molar-refractivity contribution in [1.29, 1.82) is 0 Å². The van der Waals surface area contributed by atoms with Gasteiger partial charge in [0, 0.05) is 6.54 Å². The summed E-state index contributed by atoms with van der Waals surface area (Å²) in [6.45, 7) is 4.07. The first kappa shape index (κ1) is 15.8.